The zero-order valence-corrected chi connectivity index (χ0v) is 10.4. The van der Waals surface area contributed by atoms with E-state index in [1.54, 1.807) is 19.9 Å². The molecule has 0 aliphatic heterocycles. The fraction of sp³-hybridized carbons (Fsp3) is 0.500. The van der Waals surface area contributed by atoms with Gasteiger partial charge >= 0.3 is 6.18 Å². The minimum absolute atomic E-state index is 0.0297. The van der Waals surface area contributed by atoms with E-state index in [-0.39, 0.29) is 17.5 Å². The van der Waals surface area contributed by atoms with Crippen molar-refractivity contribution < 1.29 is 22.6 Å². The molecule has 0 aromatic heterocycles. The molecule has 0 heterocycles. The van der Waals surface area contributed by atoms with E-state index in [2.05, 4.69) is 0 Å². The molecule has 0 radical (unpaired) electrons. The second-order valence-electron chi connectivity index (χ2n) is 4.14. The van der Waals surface area contributed by atoms with Gasteiger partial charge in [-0.25, -0.2) is 0 Å². The van der Waals surface area contributed by atoms with Crippen LogP contribution in [0.4, 0.5) is 18.9 Å². The summed E-state index contributed by atoms with van der Waals surface area (Å²) >= 11 is 0. The second kappa shape index (κ2) is 5.37. The first-order valence-electron chi connectivity index (χ1n) is 5.50. The third-order valence-corrected chi connectivity index (χ3v) is 2.15. The Labute approximate surface area is 104 Å². The Balaban J connectivity index is 2.90. The number of alkyl halides is 3. The number of halogens is 3. The van der Waals surface area contributed by atoms with Gasteiger partial charge in [0.25, 0.3) is 0 Å². The Morgan fingerprint density at radius 3 is 2.00 bits per heavy atom. The third-order valence-electron chi connectivity index (χ3n) is 2.15. The highest BCUT2D eigenvalue weighted by molar-refractivity contribution is 5.62. The third kappa shape index (κ3) is 3.72. The average molecular weight is 263 g/mol. The van der Waals surface area contributed by atoms with E-state index in [1.807, 2.05) is 0 Å². The van der Waals surface area contributed by atoms with Crippen LogP contribution in [-0.2, 0) is 0 Å². The predicted molar refractivity (Wildman–Crippen MR) is 62.8 cm³/mol. The number of nitrogens with two attached hydrogens (primary N) is 1. The van der Waals surface area contributed by atoms with Crippen molar-refractivity contribution in [3.05, 3.63) is 18.2 Å². The van der Waals surface area contributed by atoms with E-state index in [0.717, 1.165) is 6.92 Å². The zero-order valence-electron chi connectivity index (χ0n) is 10.4. The van der Waals surface area contributed by atoms with Gasteiger partial charge in [-0.2, -0.15) is 13.2 Å². The van der Waals surface area contributed by atoms with Gasteiger partial charge in [0.1, 0.15) is 17.2 Å². The molecule has 1 aromatic carbocycles. The van der Waals surface area contributed by atoms with Crippen LogP contribution in [0, 0.1) is 0 Å². The topological polar surface area (TPSA) is 44.5 Å². The molecule has 0 saturated carbocycles. The molecule has 0 aliphatic rings. The Bertz CT molecular complexity index is 405. The van der Waals surface area contributed by atoms with Gasteiger partial charge in [0.15, 0.2) is 6.10 Å². The van der Waals surface area contributed by atoms with Gasteiger partial charge in [0.2, 0.25) is 0 Å². The summed E-state index contributed by atoms with van der Waals surface area (Å²) in [4.78, 5) is 0. The van der Waals surface area contributed by atoms with Crippen molar-refractivity contribution >= 4 is 5.69 Å². The standard InChI is InChI=1S/C12H16F3NO2/c1-7(2)17-9-5-4-6-10(11(9)16)18-8(3)12(13,14)15/h4-8H,16H2,1-3H3. The molecule has 0 saturated heterocycles. The van der Waals surface area contributed by atoms with Crippen LogP contribution >= 0.6 is 0 Å². The van der Waals surface area contributed by atoms with E-state index in [1.165, 1.54) is 12.1 Å². The Morgan fingerprint density at radius 1 is 1.06 bits per heavy atom. The van der Waals surface area contributed by atoms with E-state index < -0.39 is 12.3 Å². The summed E-state index contributed by atoms with van der Waals surface area (Å²) in [6.07, 6.45) is -6.47. The van der Waals surface area contributed by atoms with Crippen LogP contribution in [0.1, 0.15) is 20.8 Å². The molecule has 3 nitrogen and oxygen atoms in total. The lowest BCUT2D eigenvalue weighted by atomic mass is 10.2. The number of benzene rings is 1. The fourth-order valence-electron chi connectivity index (χ4n) is 1.24. The summed E-state index contributed by atoms with van der Waals surface area (Å²) < 4.78 is 47.3. The van der Waals surface area contributed by atoms with Crippen LogP contribution in [0.3, 0.4) is 0 Å². The number of rotatable bonds is 4. The number of hydrogen-bond donors (Lipinski definition) is 1. The maximum Gasteiger partial charge on any atom is 0.425 e. The number of nitrogen functional groups attached to an aromatic ring is 1. The van der Waals surface area contributed by atoms with Crippen molar-refractivity contribution in [1.29, 1.82) is 0 Å². The first-order chi connectivity index (χ1) is 8.21. The largest absolute Gasteiger partial charge is 0.489 e. The predicted octanol–water partition coefficient (Wildman–Crippen LogP) is 3.39. The van der Waals surface area contributed by atoms with E-state index >= 15 is 0 Å². The summed E-state index contributed by atoms with van der Waals surface area (Å²) in [6, 6.07) is 4.50. The highest BCUT2D eigenvalue weighted by atomic mass is 19.4. The van der Waals surface area contributed by atoms with Crippen molar-refractivity contribution in [3.8, 4) is 11.5 Å². The highest BCUT2D eigenvalue weighted by Crippen LogP contribution is 2.34. The maximum absolute atomic E-state index is 12.4. The molecule has 0 spiro atoms. The van der Waals surface area contributed by atoms with Crippen LogP contribution in [0.5, 0.6) is 11.5 Å². The molecule has 0 fully saturated rings. The monoisotopic (exact) mass is 263 g/mol. The maximum atomic E-state index is 12.4. The lowest BCUT2D eigenvalue weighted by Gasteiger charge is -2.20. The van der Waals surface area contributed by atoms with E-state index in [9.17, 15) is 13.2 Å². The van der Waals surface area contributed by atoms with Crippen LogP contribution in [0.15, 0.2) is 18.2 Å². The average Bonchev–Trinajstić information content (AvgIpc) is 2.21. The summed E-state index contributed by atoms with van der Waals surface area (Å²) in [7, 11) is 0. The van der Waals surface area contributed by atoms with Gasteiger partial charge in [-0.1, -0.05) is 6.07 Å². The number of ether oxygens (including phenoxy) is 2. The lowest BCUT2D eigenvalue weighted by molar-refractivity contribution is -0.189. The zero-order chi connectivity index (χ0) is 13.9. The van der Waals surface area contributed by atoms with Gasteiger partial charge in [-0.3, -0.25) is 0 Å². The summed E-state index contributed by atoms with van der Waals surface area (Å²) in [5.41, 5.74) is 5.78. The van der Waals surface area contributed by atoms with Gasteiger partial charge in [-0.15, -0.1) is 0 Å². The SMILES string of the molecule is CC(C)Oc1cccc(OC(C)C(F)(F)F)c1N. The molecule has 1 unspecified atom stereocenters. The molecule has 1 rings (SSSR count). The van der Waals surface area contributed by atoms with Gasteiger partial charge < -0.3 is 15.2 Å². The fourth-order valence-corrected chi connectivity index (χ4v) is 1.24. The van der Waals surface area contributed by atoms with Crippen LogP contribution in [-0.4, -0.2) is 18.4 Å². The first kappa shape index (κ1) is 14.5. The van der Waals surface area contributed by atoms with Crippen molar-refractivity contribution in [2.45, 2.75) is 39.2 Å². The Hall–Kier alpha value is -1.59. The molecule has 0 amide bonds. The van der Waals surface area contributed by atoms with E-state index in [0.29, 0.717) is 5.75 Å². The molecule has 102 valence electrons. The first-order valence-corrected chi connectivity index (χ1v) is 5.50. The van der Waals surface area contributed by atoms with Crippen LogP contribution in [0.2, 0.25) is 0 Å². The molecule has 18 heavy (non-hydrogen) atoms. The molecule has 6 heteroatoms. The smallest absolute Gasteiger partial charge is 0.425 e. The number of anilines is 1. The molecule has 2 N–H and O–H groups in total. The summed E-state index contributed by atoms with van der Waals surface area (Å²) in [5.74, 6) is 0.287. The van der Waals surface area contributed by atoms with Gasteiger partial charge in [-0.05, 0) is 32.9 Å². The molecule has 0 bridgehead atoms. The molecule has 1 atom stereocenters. The van der Waals surface area contributed by atoms with Crippen molar-refractivity contribution in [3.63, 3.8) is 0 Å². The lowest BCUT2D eigenvalue weighted by Crippen LogP contribution is -2.31. The molecule has 1 aromatic rings. The van der Waals surface area contributed by atoms with Crippen molar-refractivity contribution in [2.75, 3.05) is 5.73 Å². The van der Waals surface area contributed by atoms with Crippen molar-refractivity contribution in [2.24, 2.45) is 0 Å². The Morgan fingerprint density at radius 2 is 1.56 bits per heavy atom. The Kier molecular flexibility index (Phi) is 4.32. The second-order valence-corrected chi connectivity index (χ2v) is 4.14. The quantitative estimate of drug-likeness (QED) is 0.847. The molecular formula is C12H16F3NO2. The van der Waals surface area contributed by atoms with E-state index in [4.69, 9.17) is 15.2 Å². The van der Waals surface area contributed by atoms with Gasteiger partial charge in [0.05, 0.1) is 6.10 Å². The number of para-hydroxylation sites is 1. The molecule has 0 aliphatic carbocycles. The van der Waals surface area contributed by atoms with Crippen LogP contribution < -0.4 is 15.2 Å². The van der Waals surface area contributed by atoms with Crippen LogP contribution in [0.25, 0.3) is 0 Å². The normalized spacial score (nSPS) is 13.5. The minimum atomic E-state index is -4.43. The number of hydrogen-bond acceptors (Lipinski definition) is 3. The van der Waals surface area contributed by atoms with Crippen molar-refractivity contribution in [1.82, 2.24) is 0 Å². The molecular weight excluding hydrogens is 247 g/mol. The summed E-state index contributed by atoms with van der Waals surface area (Å²) in [6.45, 7) is 4.52. The van der Waals surface area contributed by atoms with Gasteiger partial charge in [0, 0.05) is 0 Å². The summed E-state index contributed by atoms with van der Waals surface area (Å²) in [5, 5.41) is 0. The highest BCUT2D eigenvalue weighted by Gasteiger charge is 2.38. The minimum Gasteiger partial charge on any atom is -0.489 e.